The molecule has 0 saturated carbocycles. The van der Waals surface area contributed by atoms with Gasteiger partial charge in [0.1, 0.15) is 11.5 Å². The average molecular weight is 469 g/mol. The molecule has 1 aliphatic rings. The number of hydrogen-bond acceptors (Lipinski definition) is 6. The SMILES string of the molecule is COc1ccccc1C1C(=C(O)c2cccnc2)C(=O)C(=O)N1c1ccc(-c2ccsc2)cc1. The number of thiophene rings is 1. The maximum Gasteiger partial charge on any atom is 0.300 e. The van der Waals surface area contributed by atoms with Gasteiger partial charge in [-0.05, 0) is 58.3 Å². The zero-order valence-corrected chi connectivity index (χ0v) is 19.0. The Labute approximate surface area is 200 Å². The summed E-state index contributed by atoms with van der Waals surface area (Å²) in [5.74, 6) is -1.25. The van der Waals surface area contributed by atoms with Crippen LogP contribution < -0.4 is 9.64 Å². The molecule has 1 unspecified atom stereocenters. The molecule has 2 aromatic carbocycles. The molecule has 1 amide bonds. The van der Waals surface area contributed by atoms with E-state index in [4.69, 9.17) is 4.74 Å². The summed E-state index contributed by atoms with van der Waals surface area (Å²) in [5, 5.41) is 15.2. The largest absolute Gasteiger partial charge is 0.507 e. The predicted octanol–water partition coefficient (Wildman–Crippen LogP) is 5.45. The highest BCUT2D eigenvalue weighted by Crippen LogP contribution is 2.45. The molecule has 4 aromatic rings. The van der Waals surface area contributed by atoms with Crippen molar-refractivity contribution in [2.24, 2.45) is 0 Å². The maximum atomic E-state index is 13.3. The quantitative estimate of drug-likeness (QED) is 0.240. The Morgan fingerprint density at radius 3 is 2.47 bits per heavy atom. The number of rotatable bonds is 5. The molecule has 1 fully saturated rings. The third-order valence-electron chi connectivity index (χ3n) is 5.81. The van der Waals surface area contributed by atoms with Gasteiger partial charge in [-0.3, -0.25) is 19.5 Å². The van der Waals surface area contributed by atoms with E-state index in [9.17, 15) is 14.7 Å². The highest BCUT2D eigenvalue weighted by Gasteiger charge is 2.47. The number of carbonyl (C=O) groups is 2. The van der Waals surface area contributed by atoms with Crippen LogP contribution in [0.4, 0.5) is 5.69 Å². The minimum atomic E-state index is -0.872. The molecule has 168 valence electrons. The van der Waals surface area contributed by atoms with Gasteiger partial charge in [0, 0.05) is 29.2 Å². The van der Waals surface area contributed by atoms with Crippen LogP contribution in [0.2, 0.25) is 0 Å². The van der Waals surface area contributed by atoms with Crippen molar-refractivity contribution in [3.05, 3.63) is 107 Å². The van der Waals surface area contributed by atoms with E-state index in [1.165, 1.54) is 18.2 Å². The maximum absolute atomic E-state index is 13.3. The summed E-state index contributed by atoms with van der Waals surface area (Å²) in [6.45, 7) is 0. The number of aromatic nitrogens is 1. The van der Waals surface area contributed by atoms with E-state index in [-0.39, 0.29) is 11.3 Å². The van der Waals surface area contributed by atoms with Crippen molar-refractivity contribution in [1.82, 2.24) is 4.98 Å². The van der Waals surface area contributed by atoms with Crippen LogP contribution in [0.1, 0.15) is 17.2 Å². The fraction of sp³-hybridized carbons (Fsp3) is 0.0741. The van der Waals surface area contributed by atoms with Gasteiger partial charge in [-0.1, -0.05) is 30.3 Å². The van der Waals surface area contributed by atoms with E-state index >= 15 is 0 Å². The topological polar surface area (TPSA) is 79.7 Å². The van der Waals surface area contributed by atoms with Gasteiger partial charge >= 0.3 is 0 Å². The second-order valence-corrected chi connectivity index (χ2v) is 8.49. The molecule has 5 rings (SSSR count). The number of pyridine rings is 1. The first-order chi connectivity index (χ1) is 16.6. The van der Waals surface area contributed by atoms with E-state index in [0.29, 0.717) is 22.6 Å². The van der Waals surface area contributed by atoms with E-state index < -0.39 is 17.7 Å². The van der Waals surface area contributed by atoms with Crippen LogP contribution in [0, 0.1) is 0 Å². The molecule has 1 atom stereocenters. The second-order valence-electron chi connectivity index (χ2n) is 7.71. The van der Waals surface area contributed by atoms with Crippen LogP contribution >= 0.6 is 11.3 Å². The Morgan fingerprint density at radius 2 is 1.79 bits per heavy atom. The zero-order valence-electron chi connectivity index (χ0n) is 18.2. The lowest BCUT2D eigenvalue weighted by Crippen LogP contribution is -2.29. The Balaban J connectivity index is 1.69. The first-order valence-electron chi connectivity index (χ1n) is 10.6. The Kier molecular flexibility index (Phi) is 5.69. The lowest BCUT2D eigenvalue weighted by molar-refractivity contribution is -0.132. The molecule has 1 saturated heterocycles. The smallest absolute Gasteiger partial charge is 0.300 e. The van der Waals surface area contributed by atoms with E-state index in [2.05, 4.69) is 4.98 Å². The number of nitrogens with zero attached hydrogens (tertiary/aromatic N) is 2. The lowest BCUT2D eigenvalue weighted by Gasteiger charge is -2.26. The highest BCUT2D eigenvalue weighted by atomic mass is 32.1. The Hall–Kier alpha value is -4.23. The van der Waals surface area contributed by atoms with E-state index in [0.717, 1.165) is 11.1 Å². The van der Waals surface area contributed by atoms with Crippen molar-refractivity contribution in [2.45, 2.75) is 6.04 Å². The number of ether oxygens (including phenoxy) is 1. The van der Waals surface area contributed by atoms with Crippen molar-refractivity contribution in [1.29, 1.82) is 0 Å². The minimum Gasteiger partial charge on any atom is -0.507 e. The van der Waals surface area contributed by atoms with Crippen molar-refractivity contribution in [2.75, 3.05) is 12.0 Å². The van der Waals surface area contributed by atoms with Crippen molar-refractivity contribution in [3.63, 3.8) is 0 Å². The molecule has 3 heterocycles. The summed E-state index contributed by atoms with van der Waals surface area (Å²) in [5.41, 5.74) is 3.57. The highest BCUT2D eigenvalue weighted by molar-refractivity contribution is 7.08. The molecule has 0 spiro atoms. The number of ketones is 1. The molecular formula is C27H20N2O4S. The molecule has 0 radical (unpaired) electrons. The number of Topliss-reactive ketones (excluding diaryl/α,β-unsaturated/α-hetero) is 1. The van der Waals surface area contributed by atoms with Crippen LogP contribution in [-0.4, -0.2) is 28.9 Å². The monoisotopic (exact) mass is 468 g/mol. The fourth-order valence-corrected chi connectivity index (χ4v) is 4.85. The third kappa shape index (κ3) is 3.66. The Bertz CT molecular complexity index is 1380. The van der Waals surface area contributed by atoms with Gasteiger partial charge in [0.2, 0.25) is 0 Å². The number of methoxy groups -OCH3 is 1. The van der Waals surface area contributed by atoms with Crippen LogP contribution in [0.3, 0.4) is 0 Å². The molecule has 1 N–H and O–H groups in total. The van der Waals surface area contributed by atoms with Crippen LogP contribution in [0.25, 0.3) is 16.9 Å². The van der Waals surface area contributed by atoms with Crippen LogP contribution in [-0.2, 0) is 9.59 Å². The summed E-state index contributed by atoms with van der Waals surface area (Å²) >= 11 is 1.61. The summed E-state index contributed by atoms with van der Waals surface area (Å²) in [7, 11) is 1.53. The third-order valence-corrected chi connectivity index (χ3v) is 6.50. The van der Waals surface area contributed by atoms with Gasteiger partial charge < -0.3 is 9.84 Å². The number of anilines is 1. The first kappa shape index (κ1) is 21.6. The normalized spacial score (nSPS) is 17.2. The second kappa shape index (κ2) is 8.96. The molecule has 1 aliphatic heterocycles. The molecular weight excluding hydrogens is 448 g/mol. The van der Waals surface area contributed by atoms with Gasteiger partial charge in [0.15, 0.2) is 0 Å². The number of para-hydroxylation sites is 1. The van der Waals surface area contributed by atoms with Gasteiger partial charge in [-0.15, -0.1) is 0 Å². The van der Waals surface area contributed by atoms with Gasteiger partial charge in [0.05, 0.1) is 18.7 Å². The number of aliphatic hydroxyl groups excluding tert-OH is 1. The van der Waals surface area contributed by atoms with Gasteiger partial charge in [0.25, 0.3) is 11.7 Å². The van der Waals surface area contributed by atoms with Crippen molar-refractivity contribution >= 4 is 34.5 Å². The molecule has 0 aliphatic carbocycles. The minimum absolute atomic E-state index is 0.00980. The lowest BCUT2D eigenvalue weighted by atomic mass is 9.94. The van der Waals surface area contributed by atoms with Crippen LogP contribution in [0.15, 0.2) is 95.5 Å². The number of amides is 1. The predicted molar refractivity (Wildman–Crippen MR) is 132 cm³/mol. The number of benzene rings is 2. The molecule has 34 heavy (non-hydrogen) atoms. The number of hydrogen-bond donors (Lipinski definition) is 1. The fourth-order valence-electron chi connectivity index (χ4n) is 4.19. The standard InChI is InChI=1S/C27H20N2O4S/c1-33-22-7-3-2-6-21(22)24-23(25(30)18-5-4-13-28-15-18)26(31)27(32)29(24)20-10-8-17(9-11-20)19-12-14-34-16-19/h2-16,24,30H,1H3. The number of aliphatic hydroxyl groups is 1. The van der Waals surface area contributed by atoms with Gasteiger partial charge in [-0.2, -0.15) is 11.3 Å². The van der Waals surface area contributed by atoms with Crippen LogP contribution in [0.5, 0.6) is 5.75 Å². The zero-order chi connectivity index (χ0) is 23.7. The molecule has 6 nitrogen and oxygen atoms in total. The van der Waals surface area contributed by atoms with Gasteiger partial charge in [-0.25, -0.2) is 0 Å². The summed E-state index contributed by atoms with van der Waals surface area (Å²) in [6.07, 6.45) is 3.03. The van der Waals surface area contributed by atoms with E-state index in [1.807, 2.05) is 53.2 Å². The summed E-state index contributed by atoms with van der Waals surface area (Å²) in [4.78, 5) is 32.0. The summed E-state index contributed by atoms with van der Waals surface area (Å²) < 4.78 is 5.55. The first-order valence-corrected chi connectivity index (χ1v) is 11.5. The number of carbonyl (C=O) groups excluding carboxylic acids is 2. The molecule has 0 bridgehead atoms. The molecule has 7 heteroatoms. The van der Waals surface area contributed by atoms with Crippen molar-refractivity contribution < 1.29 is 19.4 Å². The van der Waals surface area contributed by atoms with E-state index in [1.54, 1.807) is 41.8 Å². The Morgan fingerprint density at radius 1 is 1.00 bits per heavy atom. The molecule has 2 aromatic heterocycles. The van der Waals surface area contributed by atoms with Crippen molar-refractivity contribution in [3.8, 4) is 16.9 Å². The summed E-state index contributed by atoms with van der Waals surface area (Å²) in [6, 6.07) is 19.1. The average Bonchev–Trinajstić information content (AvgIpc) is 3.51.